The molecular formula is C19H24FN2O9P. The second-order valence-corrected chi connectivity index (χ2v) is 8.32. The lowest BCUT2D eigenvalue weighted by Gasteiger charge is -2.17. The Hall–Kier alpha value is -2.34. The summed E-state index contributed by atoms with van der Waals surface area (Å²) in [5, 5.41) is 0. The van der Waals surface area contributed by atoms with Gasteiger partial charge in [-0.15, -0.1) is 0 Å². The molecule has 1 aromatic heterocycles. The standard InChI is InChI=1S/C19H24FN2O9P/c1-2-27-12-28-14-5-3-13(4-6-14)10-29-32(25,26)30-11-15-7-8-17(31-15)22-9-16(20)18(23)21-19(22)24/h3-6,9,15,17H,2,7-8,10-12H2,1H3,(H,25,26)(H,21,23,24)/t15-,17+/m0/s1. The van der Waals surface area contributed by atoms with Gasteiger partial charge >= 0.3 is 13.5 Å². The van der Waals surface area contributed by atoms with Crippen molar-refractivity contribution in [1.82, 2.24) is 9.55 Å². The molecule has 0 saturated carbocycles. The van der Waals surface area contributed by atoms with E-state index in [-0.39, 0.29) is 20.0 Å². The van der Waals surface area contributed by atoms with Crippen molar-refractivity contribution >= 4 is 7.82 Å². The summed E-state index contributed by atoms with van der Waals surface area (Å²) in [5.41, 5.74) is -1.30. The van der Waals surface area contributed by atoms with Gasteiger partial charge in [0, 0.05) is 6.61 Å². The van der Waals surface area contributed by atoms with Gasteiger partial charge in [-0.05, 0) is 37.5 Å². The van der Waals surface area contributed by atoms with Crippen molar-refractivity contribution in [3.05, 3.63) is 62.7 Å². The monoisotopic (exact) mass is 474 g/mol. The van der Waals surface area contributed by atoms with Gasteiger partial charge in [0.15, 0.2) is 6.79 Å². The number of hydrogen-bond donors (Lipinski definition) is 2. The zero-order valence-corrected chi connectivity index (χ0v) is 18.2. The summed E-state index contributed by atoms with van der Waals surface area (Å²) in [6, 6.07) is 6.70. The maximum absolute atomic E-state index is 13.4. The number of benzene rings is 1. The summed E-state index contributed by atoms with van der Waals surface area (Å²) >= 11 is 0. The molecule has 1 aliphatic rings. The first-order valence-corrected chi connectivity index (χ1v) is 11.3. The maximum atomic E-state index is 13.4. The third-order valence-electron chi connectivity index (χ3n) is 4.57. The zero-order valence-electron chi connectivity index (χ0n) is 17.3. The number of H-pyrrole nitrogens is 1. The second-order valence-electron chi connectivity index (χ2n) is 6.87. The number of rotatable bonds is 11. The summed E-state index contributed by atoms with van der Waals surface area (Å²) in [6.45, 7) is 2.08. The number of nitrogens with one attached hydrogen (secondary N) is 1. The molecule has 13 heteroatoms. The van der Waals surface area contributed by atoms with E-state index in [2.05, 4.69) is 0 Å². The van der Waals surface area contributed by atoms with Gasteiger partial charge in [-0.1, -0.05) is 12.1 Å². The Kier molecular flexibility index (Phi) is 8.35. The van der Waals surface area contributed by atoms with E-state index in [9.17, 15) is 23.4 Å². The molecule has 32 heavy (non-hydrogen) atoms. The number of nitrogens with zero attached hydrogens (tertiary/aromatic N) is 1. The van der Waals surface area contributed by atoms with Crippen LogP contribution in [0.25, 0.3) is 0 Å². The predicted octanol–water partition coefficient (Wildman–Crippen LogP) is 2.06. The van der Waals surface area contributed by atoms with Gasteiger partial charge in [-0.25, -0.2) is 9.36 Å². The molecule has 2 aromatic rings. The van der Waals surface area contributed by atoms with E-state index in [1.165, 1.54) is 0 Å². The molecule has 1 aliphatic heterocycles. The SMILES string of the molecule is CCOCOc1ccc(COP(=O)(O)OC[C@@H]2CC[C@H](n3cc(F)c(=O)[nH]c3=O)O2)cc1. The van der Waals surface area contributed by atoms with Crippen molar-refractivity contribution in [1.29, 1.82) is 0 Å². The molecule has 1 unspecified atom stereocenters. The van der Waals surface area contributed by atoms with Crippen LogP contribution in [0.4, 0.5) is 4.39 Å². The van der Waals surface area contributed by atoms with Crippen molar-refractivity contribution in [2.45, 2.75) is 38.7 Å². The van der Waals surface area contributed by atoms with Crippen molar-refractivity contribution in [2.24, 2.45) is 0 Å². The van der Waals surface area contributed by atoms with E-state index in [1.54, 1.807) is 24.3 Å². The van der Waals surface area contributed by atoms with E-state index in [1.807, 2.05) is 11.9 Å². The average Bonchev–Trinajstić information content (AvgIpc) is 3.23. The van der Waals surface area contributed by atoms with Crippen LogP contribution in [0.2, 0.25) is 0 Å². The fraction of sp³-hybridized carbons (Fsp3) is 0.474. The number of aromatic amines is 1. The van der Waals surface area contributed by atoms with Gasteiger partial charge in [0.05, 0.1) is 25.5 Å². The minimum atomic E-state index is -4.37. The largest absolute Gasteiger partial charge is 0.472 e. The summed E-state index contributed by atoms with van der Waals surface area (Å²) in [7, 11) is -4.37. The normalized spacial score (nSPS) is 20.2. The topological polar surface area (TPSA) is 138 Å². The third kappa shape index (κ3) is 6.83. The van der Waals surface area contributed by atoms with Gasteiger partial charge in [0.2, 0.25) is 5.82 Å². The number of phosphoric ester groups is 1. The Balaban J connectivity index is 1.45. The van der Waals surface area contributed by atoms with Gasteiger partial charge in [-0.3, -0.25) is 23.4 Å². The van der Waals surface area contributed by atoms with Gasteiger partial charge in [0.1, 0.15) is 12.0 Å². The zero-order chi connectivity index (χ0) is 23.1. The predicted molar refractivity (Wildman–Crippen MR) is 109 cm³/mol. The molecule has 1 aromatic carbocycles. The van der Waals surface area contributed by atoms with Crippen LogP contribution in [0.15, 0.2) is 40.1 Å². The smallest absolute Gasteiger partial charge is 0.468 e. The number of ether oxygens (including phenoxy) is 3. The van der Waals surface area contributed by atoms with Crippen LogP contribution in [0.5, 0.6) is 5.75 Å². The van der Waals surface area contributed by atoms with Crippen LogP contribution in [0, 0.1) is 5.82 Å². The molecule has 0 radical (unpaired) electrons. The molecule has 176 valence electrons. The highest BCUT2D eigenvalue weighted by Crippen LogP contribution is 2.45. The number of hydrogen-bond acceptors (Lipinski definition) is 8. The van der Waals surface area contributed by atoms with Crippen LogP contribution in [0.1, 0.15) is 31.6 Å². The molecular weight excluding hydrogens is 450 g/mol. The lowest BCUT2D eigenvalue weighted by molar-refractivity contribution is -0.0267. The van der Waals surface area contributed by atoms with E-state index >= 15 is 0 Å². The van der Waals surface area contributed by atoms with Crippen LogP contribution in [-0.4, -0.2) is 40.6 Å². The average molecular weight is 474 g/mol. The molecule has 0 bridgehead atoms. The quantitative estimate of drug-likeness (QED) is 0.285. The first-order chi connectivity index (χ1) is 15.3. The van der Waals surface area contributed by atoms with Crippen molar-refractivity contribution in [2.75, 3.05) is 20.0 Å². The Labute approximate surface area is 182 Å². The lowest BCUT2D eigenvalue weighted by atomic mass is 10.2. The number of aromatic nitrogens is 2. The summed E-state index contributed by atoms with van der Waals surface area (Å²) in [6.07, 6.45) is 0.0366. The van der Waals surface area contributed by atoms with E-state index < -0.39 is 37.2 Å². The molecule has 3 atom stereocenters. The molecule has 2 N–H and O–H groups in total. The fourth-order valence-corrected chi connectivity index (χ4v) is 3.68. The van der Waals surface area contributed by atoms with Crippen molar-refractivity contribution < 1.29 is 37.1 Å². The van der Waals surface area contributed by atoms with Crippen molar-refractivity contribution in [3.8, 4) is 5.75 Å². The molecule has 1 saturated heterocycles. The second kappa shape index (κ2) is 11.0. The van der Waals surface area contributed by atoms with Gasteiger partial charge in [-0.2, -0.15) is 4.39 Å². The van der Waals surface area contributed by atoms with E-state index in [0.717, 1.165) is 10.8 Å². The van der Waals surface area contributed by atoms with Gasteiger partial charge in [0.25, 0.3) is 5.56 Å². The van der Waals surface area contributed by atoms with Crippen molar-refractivity contribution in [3.63, 3.8) is 0 Å². The first kappa shape index (κ1) is 24.3. The summed E-state index contributed by atoms with van der Waals surface area (Å²) < 4.78 is 52.5. The molecule has 0 amide bonds. The minimum absolute atomic E-state index is 0.127. The van der Waals surface area contributed by atoms with Crippen LogP contribution < -0.4 is 16.0 Å². The Bertz CT molecular complexity index is 1060. The Morgan fingerprint density at radius 1 is 1.25 bits per heavy atom. The molecule has 3 rings (SSSR count). The Morgan fingerprint density at radius 3 is 2.72 bits per heavy atom. The van der Waals surface area contributed by atoms with Crippen LogP contribution >= 0.6 is 7.82 Å². The number of halogens is 1. The fourth-order valence-electron chi connectivity index (χ4n) is 2.93. The number of phosphoric acid groups is 1. The highest BCUT2D eigenvalue weighted by atomic mass is 31.2. The Morgan fingerprint density at radius 2 is 2.00 bits per heavy atom. The molecule has 1 fully saturated rings. The minimum Gasteiger partial charge on any atom is -0.468 e. The summed E-state index contributed by atoms with van der Waals surface area (Å²) in [4.78, 5) is 34.7. The molecule has 0 spiro atoms. The first-order valence-electron chi connectivity index (χ1n) is 9.85. The maximum Gasteiger partial charge on any atom is 0.472 e. The lowest BCUT2D eigenvalue weighted by Crippen LogP contribution is -2.34. The molecule has 11 nitrogen and oxygen atoms in total. The van der Waals surface area contributed by atoms with E-state index in [4.69, 9.17) is 23.3 Å². The van der Waals surface area contributed by atoms with Crippen LogP contribution in [-0.2, 0) is 29.7 Å². The highest BCUT2D eigenvalue weighted by molar-refractivity contribution is 7.47. The molecule has 0 aliphatic carbocycles. The van der Waals surface area contributed by atoms with Gasteiger partial charge < -0.3 is 19.1 Å². The van der Waals surface area contributed by atoms with E-state index in [0.29, 0.717) is 30.8 Å². The molecule has 2 heterocycles. The third-order valence-corrected chi connectivity index (χ3v) is 5.50. The summed E-state index contributed by atoms with van der Waals surface area (Å²) in [5.74, 6) is -0.532. The van der Waals surface area contributed by atoms with Crippen LogP contribution in [0.3, 0.4) is 0 Å². The highest BCUT2D eigenvalue weighted by Gasteiger charge is 2.31.